The summed E-state index contributed by atoms with van der Waals surface area (Å²) in [5, 5.41) is 0. The summed E-state index contributed by atoms with van der Waals surface area (Å²) in [6, 6.07) is 1.88. The fourth-order valence-corrected chi connectivity index (χ4v) is 3.32. The molecule has 0 aliphatic carbocycles. The Balaban J connectivity index is 1.51. The lowest BCUT2D eigenvalue weighted by Crippen LogP contribution is -2.41. The maximum Gasteiger partial charge on any atom is 0.257 e. The van der Waals surface area contributed by atoms with Gasteiger partial charge in [-0.25, -0.2) is 0 Å². The number of hydrogen-bond donors (Lipinski definition) is 0. The zero-order chi connectivity index (χ0) is 16.9. The van der Waals surface area contributed by atoms with Crippen LogP contribution in [0.5, 0.6) is 0 Å². The molecule has 0 N–H and O–H groups in total. The van der Waals surface area contributed by atoms with Crippen molar-refractivity contribution in [3.8, 4) is 0 Å². The van der Waals surface area contributed by atoms with Crippen molar-refractivity contribution in [3.05, 3.63) is 24.0 Å². The van der Waals surface area contributed by atoms with Gasteiger partial charge >= 0.3 is 0 Å². The van der Waals surface area contributed by atoms with E-state index in [-0.39, 0.29) is 12.0 Å². The van der Waals surface area contributed by atoms with Gasteiger partial charge in [0.2, 0.25) is 0 Å². The van der Waals surface area contributed by atoms with E-state index in [4.69, 9.17) is 9.47 Å². The predicted octanol–water partition coefficient (Wildman–Crippen LogP) is 1.81. The van der Waals surface area contributed by atoms with Gasteiger partial charge in [0.05, 0.1) is 30.6 Å². The third-order valence-corrected chi connectivity index (χ3v) is 4.83. The molecule has 0 radical (unpaired) electrons. The Bertz CT molecular complexity index is 550. The van der Waals surface area contributed by atoms with Gasteiger partial charge in [0.15, 0.2) is 0 Å². The summed E-state index contributed by atoms with van der Waals surface area (Å²) >= 11 is 0. The van der Waals surface area contributed by atoms with Gasteiger partial charge in [0, 0.05) is 52.1 Å². The number of ether oxygens (including phenoxy) is 2. The molecule has 6 heteroatoms. The molecule has 0 bridgehead atoms. The highest BCUT2D eigenvalue weighted by molar-refractivity contribution is 5.99. The first-order chi connectivity index (χ1) is 11.6. The second kappa shape index (κ2) is 7.94. The molecule has 3 rings (SSSR count). The van der Waals surface area contributed by atoms with Crippen LogP contribution in [0.15, 0.2) is 18.5 Å². The molecular formula is C18H27N3O3. The van der Waals surface area contributed by atoms with Crippen molar-refractivity contribution in [2.75, 3.05) is 51.9 Å². The number of hydrogen-bond acceptors (Lipinski definition) is 5. The third kappa shape index (κ3) is 4.05. The molecule has 132 valence electrons. The minimum absolute atomic E-state index is 0.0643. The number of likely N-dealkylation sites (tertiary alicyclic amines) is 1. The Morgan fingerprint density at radius 1 is 1.38 bits per heavy atom. The summed E-state index contributed by atoms with van der Waals surface area (Å²) in [6.07, 6.45) is 6.55. The second-order valence-electron chi connectivity index (χ2n) is 6.84. The van der Waals surface area contributed by atoms with Gasteiger partial charge in [0.25, 0.3) is 5.91 Å². The first-order valence-electron chi connectivity index (χ1n) is 8.75. The smallest absolute Gasteiger partial charge is 0.257 e. The third-order valence-electron chi connectivity index (χ3n) is 4.83. The molecule has 1 amide bonds. The zero-order valence-electron chi connectivity index (χ0n) is 14.6. The molecule has 1 unspecified atom stereocenters. The molecule has 0 aromatic carbocycles. The Morgan fingerprint density at radius 2 is 2.17 bits per heavy atom. The highest BCUT2D eigenvalue weighted by Crippen LogP contribution is 2.23. The number of anilines is 1. The topological polar surface area (TPSA) is 54.9 Å². The molecule has 2 fully saturated rings. The van der Waals surface area contributed by atoms with Crippen LogP contribution < -0.4 is 4.90 Å². The van der Waals surface area contributed by atoms with Crippen LogP contribution in [-0.2, 0) is 9.47 Å². The molecule has 1 aromatic rings. The molecule has 0 spiro atoms. The summed E-state index contributed by atoms with van der Waals surface area (Å²) in [5.74, 6) is 0.608. The van der Waals surface area contributed by atoms with Gasteiger partial charge in [0.1, 0.15) is 0 Å². The Labute approximate surface area is 143 Å². The first kappa shape index (κ1) is 17.2. The van der Waals surface area contributed by atoms with Crippen LogP contribution in [0.3, 0.4) is 0 Å². The van der Waals surface area contributed by atoms with Crippen LogP contribution in [0.25, 0.3) is 0 Å². The summed E-state index contributed by atoms with van der Waals surface area (Å²) in [7, 11) is 3.89. The summed E-state index contributed by atoms with van der Waals surface area (Å²) in [6.45, 7) is 3.96. The fraction of sp³-hybridized carbons (Fsp3) is 0.667. The Kier molecular flexibility index (Phi) is 5.68. The number of rotatable bonds is 5. The number of carbonyl (C=O) groups excluding carboxylic acids is 1. The van der Waals surface area contributed by atoms with Crippen molar-refractivity contribution >= 4 is 11.6 Å². The van der Waals surface area contributed by atoms with Gasteiger partial charge in [-0.2, -0.15) is 0 Å². The molecule has 2 saturated heterocycles. The predicted molar refractivity (Wildman–Crippen MR) is 92.4 cm³/mol. The average Bonchev–Trinajstić information content (AvgIpc) is 3.13. The van der Waals surface area contributed by atoms with E-state index in [1.54, 1.807) is 12.4 Å². The molecule has 1 atom stereocenters. The summed E-state index contributed by atoms with van der Waals surface area (Å²) in [5.41, 5.74) is 1.58. The Hall–Kier alpha value is -1.66. The highest BCUT2D eigenvalue weighted by Gasteiger charge is 2.27. The highest BCUT2D eigenvalue weighted by atomic mass is 16.5. The summed E-state index contributed by atoms with van der Waals surface area (Å²) < 4.78 is 11.4. The van der Waals surface area contributed by atoms with Gasteiger partial charge in [-0.1, -0.05) is 0 Å². The quantitative estimate of drug-likeness (QED) is 0.822. The molecule has 6 nitrogen and oxygen atoms in total. The minimum Gasteiger partial charge on any atom is -0.381 e. The van der Waals surface area contributed by atoms with Gasteiger partial charge < -0.3 is 19.3 Å². The van der Waals surface area contributed by atoms with Crippen molar-refractivity contribution < 1.29 is 14.3 Å². The van der Waals surface area contributed by atoms with E-state index in [0.717, 1.165) is 57.9 Å². The van der Waals surface area contributed by atoms with Crippen molar-refractivity contribution in [2.24, 2.45) is 5.92 Å². The Morgan fingerprint density at radius 3 is 2.83 bits per heavy atom. The van der Waals surface area contributed by atoms with E-state index in [1.807, 2.05) is 30.0 Å². The van der Waals surface area contributed by atoms with Crippen molar-refractivity contribution in [3.63, 3.8) is 0 Å². The average molecular weight is 333 g/mol. The maximum absolute atomic E-state index is 12.8. The monoisotopic (exact) mass is 333 g/mol. The lowest BCUT2D eigenvalue weighted by atomic mass is 10.1. The number of amides is 1. The molecule has 0 saturated carbocycles. The van der Waals surface area contributed by atoms with Gasteiger partial charge in [-0.05, 0) is 25.3 Å². The van der Waals surface area contributed by atoms with Crippen molar-refractivity contribution in [1.29, 1.82) is 0 Å². The molecule has 1 aromatic heterocycles. The molecule has 24 heavy (non-hydrogen) atoms. The number of pyridine rings is 1. The van der Waals surface area contributed by atoms with E-state index in [0.29, 0.717) is 11.5 Å². The fourth-order valence-electron chi connectivity index (χ4n) is 3.32. The van der Waals surface area contributed by atoms with Crippen LogP contribution in [0.2, 0.25) is 0 Å². The van der Waals surface area contributed by atoms with E-state index >= 15 is 0 Å². The standard InChI is InChI=1S/C18H27N3O3/c1-20(2)17-3-7-19-11-16(17)18(22)21-8-4-15(5-9-21)24-13-14-6-10-23-12-14/h3,7,11,14-15H,4-6,8-10,12-13H2,1-2H3. The van der Waals surface area contributed by atoms with E-state index < -0.39 is 0 Å². The van der Waals surface area contributed by atoms with Gasteiger partial charge in [-0.15, -0.1) is 0 Å². The normalized spacial score (nSPS) is 21.9. The SMILES string of the molecule is CN(C)c1ccncc1C(=O)N1CCC(OCC2CCOC2)CC1. The zero-order valence-corrected chi connectivity index (χ0v) is 14.6. The minimum atomic E-state index is 0.0643. The van der Waals surface area contributed by atoms with E-state index in [1.165, 1.54) is 0 Å². The van der Waals surface area contributed by atoms with E-state index in [2.05, 4.69) is 4.98 Å². The number of aromatic nitrogens is 1. The maximum atomic E-state index is 12.8. The lowest BCUT2D eigenvalue weighted by molar-refractivity contribution is -0.00793. The molecule has 2 aliphatic heterocycles. The van der Waals surface area contributed by atoms with Gasteiger partial charge in [-0.3, -0.25) is 9.78 Å². The summed E-state index contributed by atoms with van der Waals surface area (Å²) in [4.78, 5) is 20.8. The van der Waals surface area contributed by atoms with Crippen molar-refractivity contribution in [1.82, 2.24) is 9.88 Å². The lowest BCUT2D eigenvalue weighted by Gasteiger charge is -2.33. The molecular weight excluding hydrogens is 306 g/mol. The van der Waals surface area contributed by atoms with Crippen LogP contribution >= 0.6 is 0 Å². The van der Waals surface area contributed by atoms with Crippen LogP contribution in [0, 0.1) is 5.92 Å². The van der Waals surface area contributed by atoms with E-state index in [9.17, 15) is 4.79 Å². The largest absolute Gasteiger partial charge is 0.381 e. The molecule has 3 heterocycles. The van der Waals surface area contributed by atoms with Crippen molar-refractivity contribution in [2.45, 2.75) is 25.4 Å². The molecule has 2 aliphatic rings. The van der Waals surface area contributed by atoms with Crippen LogP contribution in [-0.4, -0.2) is 68.9 Å². The number of piperidine rings is 1. The van der Waals surface area contributed by atoms with Crippen LogP contribution in [0.1, 0.15) is 29.6 Å². The number of carbonyl (C=O) groups is 1. The second-order valence-corrected chi connectivity index (χ2v) is 6.84. The van der Waals surface area contributed by atoms with Crippen LogP contribution in [0.4, 0.5) is 5.69 Å². The first-order valence-corrected chi connectivity index (χ1v) is 8.75. The number of nitrogens with zero attached hydrogens (tertiary/aromatic N) is 3.